The van der Waals surface area contributed by atoms with Crippen LogP contribution in [0.1, 0.15) is 84.1 Å². The van der Waals surface area contributed by atoms with Gasteiger partial charge in [-0.3, -0.25) is 9.59 Å². The molecule has 9 nitrogen and oxygen atoms in total. The Kier molecular flexibility index (Phi) is 12.0. The number of halogens is 2. The second-order valence-corrected chi connectivity index (χ2v) is 16.2. The summed E-state index contributed by atoms with van der Waals surface area (Å²) in [5, 5.41) is 32.8. The molecule has 3 N–H and O–H groups in total. The van der Waals surface area contributed by atoms with Gasteiger partial charge < -0.3 is 29.7 Å². The molecule has 4 aliphatic carbocycles. The average molecular weight is 711 g/mol. The molecule has 0 aromatic heterocycles. The molecule has 4 saturated carbocycles. The summed E-state index contributed by atoms with van der Waals surface area (Å²) in [7, 11) is 0. The van der Waals surface area contributed by atoms with Crippen molar-refractivity contribution in [1.29, 1.82) is 0 Å². The first-order valence-corrected chi connectivity index (χ1v) is 18.8. The number of aliphatic hydroxyl groups excluding tert-OH is 2. The monoisotopic (exact) mass is 709 g/mol. The number of rotatable bonds is 12. The van der Waals surface area contributed by atoms with Gasteiger partial charge >= 0.3 is 18.0 Å². The lowest BCUT2D eigenvalue weighted by Gasteiger charge is -2.63. The summed E-state index contributed by atoms with van der Waals surface area (Å²) in [5.41, 5.74) is 0.365. The van der Waals surface area contributed by atoms with E-state index in [1.54, 1.807) is 24.3 Å². The fraction of sp³-hybridized carbons (Fsp3) is 0.757. The van der Waals surface area contributed by atoms with Crippen molar-refractivity contribution in [1.82, 2.24) is 4.90 Å². The lowest BCUT2D eigenvalue weighted by atomic mass is 9.43. The number of carbonyl (C=O) groups excluding carboxylic acids is 2. The van der Waals surface area contributed by atoms with E-state index in [0.29, 0.717) is 44.5 Å². The fourth-order valence-electron chi connectivity index (χ4n) is 10.5. The fourth-order valence-corrected chi connectivity index (χ4v) is 10.9. The van der Waals surface area contributed by atoms with Gasteiger partial charge in [-0.15, -0.1) is 23.2 Å². The van der Waals surface area contributed by atoms with Gasteiger partial charge in [-0.25, -0.2) is 4.79 Å². The predicted octanol–water partition coefficient (Wildman–Crippen LogP) is 6.52. The summed E-state index contributed by atoms with van der Waals surface area (Å²) in [6.45, 7) is 7.32. The van der Waals surface area contributed by atoms with E-state index >= 15 is 0 Å². The Labute approximate surface area is 294 Å². The number of fused-ring (bicyclic) bond motifs is 5. The normalized spacial score (nSPS) is 36.2. The van der Waals surface area contributed by atoms with Crippen molar-refractivity contribution in [3.05, 3.63) is 29.8 Å². The molecule has 268 valence electrons. The summed E-state index contributed by atoms with van der Waals surface area (Å²) >= 11 is 11.6. The maximum Gasteiger partial charge on any atom is 0.415 e. The van der Waals surface area contributed by atoms with Gasteiger partial charge in [-0.2, -0.15) is 0 Å². The highest BCUT2D eigenvalue weighted by Crippen LogP contribution is 2.68. The van der Waals surface area contributed by atoms with Crippen molar-refractivity contribution < 1.29 is 39.2 Å². The van der Waals surface area contributed by atoms with Crippen LogP contribution in [0.3, 0.4) is 0 Å². The molecule has 1 aromatic carbocycles. The highest BCUT2D eigenvalue weighted by Gasteiger charge is 2.65. The van der Waals surface area contributed by atoms with Crippen molar-refractivity contribution in [3.8, 4) is 5.75 Å². The molecule has 0 saturated heterocycles. The molecule has 4 fully saturated rings. The van der Waals surface area contributed by atoms with Crippen LogP contribution in [0.4, 0.5) is 4.79 Å². The molecule has 11 heteroatoms. The number of carboxylic acid groups (broad SMARTS) is 1. The second kappa shape index (κ2) is 15.4. The number of aliphatic carboxylic acids is 1. The molecule has 0 aliphatic heterocycles. The minimum atomic E-state index is -0.781. The number of esters is 1. The zero-order valence-electron chi connectivity index (χ0n) is 28.5. The van der Waals surface area contributed by atoms with Gasteiger partial charge in [-0.05, 0) is 115 Å². The minimum Gasteiger partial charge on any atom is -0.481 e. The molecule has 0 bridgehead atoms. The summed E-state index contributed by atoms with van der Waals surface area (Å²) < 4.78 is 11.4. The highest BCUT2D eigenvalue weighted by molar-refractivity contribution is 6.18. The summed E-state index contributed by atoms with van der Waals surface area (Å²) in [6, 6.07) is 6.79. The number of carboxylic acids is 1. The standard InChI is InChI=1S/C37H53Cl2NO8/c1-22(4-11-32(43)44)27-9-10-28-34-29(21-31(42)37(27,28)3)36(2)13-12-26(19-24(36)20-30(34)41)47-33(45)18-23-5-7-25(8-6-23)48-35(46)40(16-14-38)17-15-39/h5-8,22,24,26-31,34,41-42H,4,9-21H2,1-3H3,(H,43,44)/t22-,24+,26-,27-,28+,29+,30-,31+,34+,36+,37-/m1/s1. The summed E-state index contributed by atoms with van der Waals surface area (Å²) in [5.74, 6) is 0.958. The Morgan fingerprint density at radius 3 is 2.31 bits per heavy atom. The SMILES string of the molecule is C[C@H](CCC(=O)O)[C@H]1CC[C@H]2[C@@H]3[C@H](O)C[C@@H]4C[C@H](OC(=O)Cc5ccc(OC(=O)N(CCCl)CCCl)cc5)CC[C@]4(C)[C@H]3C[C@H](O)[C@]12C. The third-order valence-electron chi connectivity index (χ3n) is 13.1. The van der Waals surface area contributed by atoms with Crippen LogP contribution in [0.2, 0.25) is 0 Å². The molecule has 4 aliphatic rings. The van der Waals surface area contributed by atoms with Crippen molar-refractivity contribution in [2.45, 2.75) is 103 Å². The van der Waals surface area contributed by atoms with Gasteiger partial charge in [0, 0.05) is 31.3 Å². The van der Waals surface area contributed by atoms with E-state index < -0.39 is 24.3 Å². The largest absolute Gasteiger partial charge is 0.481 e. The Balaban J connectivity index is 1.17. The van der Waals surface area contributed by atoms with Gasteiger partial charge in [0.2, 0.25) is 0 Å². The highest BCUT2D eigenvalue weighted by atomic mass is 35.5. The van der Waals surface area contributed by atoms with Crippen molar-refractivity contribution in [3.63, 3.8) is 0 Å². The Morgan fingerprint density at radius 1 is 0.979 bits per heavy atom. The number of nitrogens with zero attached hydrogens (tertiary/aromatic N) is 1. The number of hydrogen-bond acceptors (Lipinski definition) is 7. The Hall–Kier alpha value is -2.07. The van der Waals surface area contributed by atoms with E-state index in [1.807, 2.05) is 0 Å². The van der Waals surface area contributed by atoms with Crippen LogP contribution in [0.25, 0.3) is 0 Å². The van der Waals surface area contributed by atoms with Crippen molar-refractivity contribution in [2.75, 3.05) is 24.8 Å². The summed E-state index contributed by atoms with van der Waals surface area (Å²) in [4.78, 5) is 38.2. The summed E-state index contributed by atoms with van der Waals surface area (Å²) in [6.07, 6.45) is 4.69. The molecule has 48 heavy (non-hydrogen) atoms. The molecule has 0 heterocycles. The quantitative estimate of drug-likeness (QED) is 0.165. The molecule has 0 radical (unpaired) electrons. The van der Waals surface area contributed by atoms with E-state index in [4.69, 9.17) is 32.7 Å². The number of aliphatic hydroxyl groups is 2. The van der Waals surface area contributed by atoms with Crippen LogP contribution in [0.15, 0.2) is 24.3 Å². The average Bonchev–Trinajstić information content (AvgIpc) is 3.40. The molecule has 1 amide bonds. The number of hydrogen-bond donors (Lipinski definition) is 3. The van der Waals surface area contributed by atoms with Crippen LogP contribution >= 0.6 is 23.2 Å². The van der Waals surface area contributed by atoms with E-state index in [-0.39, 0.29) is 83.0 Å². The Bertz CT molecular complexity index is 1290. The zero-order chi connectivity index (χ0) is 34.8. The van der Waals surface area contributed by atoms with Crippen LogP contribution < -0.4 is 4.74 Å². The van der Waals surface area contributed by atoms with E-state index in [1.165, 1.54) is 4.90 Å². The lowest BCUT2D eigenvalue weighted by Crippen LogP contribution is -2.62. The van der Waals surface area contributed by atoms with Crippen LogP contribution in [0.5, 0.6) is 5.75 Å². The minimum absolute atomic E-state index is 0.0570. The van der Waals surface area contributed by atoms with Crippen LogP contribution in [-0.2, 0) is 20.7 Å². The first-order valence-electron chi connectivity index (χ1n) is 17.8. The molecular formula is C37H53Cl2NO8. The van der Waals surface area contributed by atoms with Gasteiger partial charge in [0.25, 0.3) is 0 Å². The first-order chi connectivity index (χ1) is 22.8. The zero-order valence-corrected chi connectivity index (χ0v) is 30.0. The van der Waals surface area contributed by atoms with Crippen molar-refractivity contribution >= 4 is 41.2 Å². The molecule has 11 atom stereocenters. The maximum atomic E-state index is 13.0. The van der Waals surface area contributed by atoms with Gasteiger partial charge in [0.05, 0.1) is 18.6 Å². The third kappa shape index (κ3) is 7.50. The van der Waals surface area contributed by atoms with Crippen LogP contribution in [0, 0.1) is 46.3 Å². The number of benzene rings is 1. The second-order valence-electron chi connectivity index (χ2n) is 15.4. The maximum absolute atomic E-state index is 13.0. The number of ether oxygens (including phenoxy) is 2. The van der Waals surface area contributed by atoms with Gasteiger partial charge in [0.1, 0.15) is 11.9 Å². The number of amides is 1. The number of alkyl halides is 2. The number of carbonyl (C=O) groups is 3. The third-order valence-corrected chi connectivity index (χ3v) is 13.4. The molecule has 1 aromatic rings. The lowest BCUT2D eigenvalue weighted by molar-refractivity contribution is -0.209. The van der Waals surface area contributed by atoms with E-state index in [2.05, 4.69) is 20.8 Å². The van der Waals surface area contributed by atoms with E-state index in [0.717, 1.165) is 31.2 Å². The first kappa shape index (κ1) is 37.2. The molecule has 0 unspecified atom stereocenters. The Morgan fingerprint density at radius 2 is 1.67 bits per heavy atom. The van der Waals surface area contributed by atoms with Gasteiger partial charge in [0.15, 0.2) is 0 Å². The predicted molar refractivity (Wildman–Crippen MR) is 183 cm³/mol. The van der Waals surface area contributed by atoms with Crippen molar-refractivity contribution in [2.24, 2.45) is 46.3 Å². The van der Waals surface area contributed by atoms with E-state index in [9.17, 15) is 29.7 Å². The molecule has 5 rings (SSSR count). The van der Waals surface area contributed by atoms with Crippen LogP contribution in [-0.4, -0.2) is 81.4 Å². The smallest absolute Gasteiger partial charge is 0.415 e. The topological polar surface area (TPSA) is 134 Å². The molecule has 0 spiro atoms. The molecular weight excluding hydrogens is 657 g/mol. The van der Waals surface area contributed by atoms with Gasteiger partial charge in [-0.1, -0.05) is 32.9 Å².